The highest BCUT2D eigenvalue weighted by molar-refractivity contribution is 5.99. The number of carbonyl (C=O) groups is 2. The first-order valence-corrected chi connectivity index (χ1v) is 5.53. The number of likely N-dealkylation sites (tertiary alicyclic amines) is 1. The zero-order valence-corrected chi connectivity index (χ0v) is 10.3. The predicted octanol–water partition coefficient (Wildman–Crippen LogP) is 1.85. The Morgan fingerprint density at radius 3 is 2.12 bits per heavy atom. The van der Waals surface area contributed by atoms with E-state index >= 15 is 0 Å². The van der Waals surface area contributed by atoms with Crippen LogP contribution in [0.1, 0.15) is 47.0 Å². The maximum Gasteiger partial charge on any atom is 0.231 e. The molecule has 0 radical (unpaired) electrons. The molecule has 1 unspecified atom stereocenters. The largest absolute Gasteiger partial charge is 0.274 e. The molecule has 0 aromatic heterocycles. The predicted molar refractivity (Wildman–Crippen MR) is 59.2 cm³/mol. The molecule has 0 aromatic rings. The number of nitrogens with zero attached hydrogens (tertiary/aromatic N) is 2. The summed E-state index contributed by atoms with van der Waals surface area (Å²) in [6, 6.07) is 2.07. The van der Waals surface area contributed by atoms with Gasteiger partial charge in [-0.05, 0) is 18.8 Å². The molecule has 1 rings (SSSR count). The van der Waals surface area contributed by atoms with Gasteiger partial charge in [-0.3, -0.25) is 14.5 Å². The molecule has 0 saturated carbocycles. The van der Waals surface area contributed by atoms with Crippen molar-refractivity contribution in [2.45, 2.75) is 52.5 Å². The van der Waals surface area contributed by atoms with Gasteiger partial charge in [0, 0.05) is 12.8 Å². The highest BCUT2D eigenvalue weighted by Gasteiger charge is 2.45. The Kier molecular flexibility index (Phi) is 3.09. The molecular weight excluding hydrogens is 204 g/mol. The summed E-state index contributed by atoms with van der Waals surface area (Å²) in [5, 5.41) is 9.11. The molecule has 1 fully saturated rings. The smallest absolute Gasteiger partial charge is 0.231 e. The van der Waals surface area contributed by atoms with Crippen LogP contribution in [0.5, 0.6) is 0 Å². The van der Waals surface area contributed by atoms with Crippen molar-refractivity contribution in [3.8, 4) is 6.07 Å². The standard InChI is InChI=1S/C12H18N2O2/c1-5-12(4,8-13)14-9(15)6-11(2,3)7-10(14)16/h5-7H2,1-4H3. The van der Waals surface area contributed by atoms with Gasteiger partial charge in [-0.15, -0.1) is 0 Å². The quantitative estimate of drug-likeness (QED) is 0.670. The number of piperidine rings is 1. The van der Waals surface area contributed by atoms with Crippen LogP contribution in [-0.4, -0.2) is 22.3 Å². The molecule has 1 saturated heterocycles. The summed E-state index contributed by atoms with van der Waals surface area (Å²) >= 11 is 0. The van der Waals surface area contributed by atoms with Crippen LogP contribution in [-0.2, 0) is 9.59 Å². The summed E-state index contributed by atoms with van der Waals surface area (Å²) in [6.45, 7) is 7.25. The van der Waals surface area contributed by atoms with Crippen molar-refractivity contribution in [1.82, 2.24) is 4.90 Å². The van der Waals surface area contributed by atoms with Gasteiger partial charge in [0.25, 0.3) is 0 Å². The fraction of sp³-hybridized carbons (Fsp3) is 0.750. The second-order valence-electron chi connectivity index (χ2n) is 5.38. The fourth-order valence-electron chi connectivity index (χ4n) is 2.02. The minimum absolute atomic E-state index is 0.229. The second-order valence-corrected chi connectivity index (χ2v) is 5.38. The average molecular weight is 222 g/mol. The lowest BCUT2D eigenvalue weighted by molar-refractivity contribution is -0.157. The van der Waals surface area contributed by atoms with Gasteiger partial charge in [0.05, 0.1) is 6.07 Å². The zero-order chi connectivity index (χ0) is 12.6. The van der Waals surface area contributed by atoms with Crippen LogP contribution in [0.15, 0.2) is 0 Å². The minimum Gasteiger partial charge on any atom is -0.274 e. The maximum absolute atomic E-state index is 11.9. The SMILES string of the molecule is CCC(C)(C#N)N1C(=O)CC(C)(C)CC1=O. The molecule has 1 atom stereocenters. The number of nitriles is 1. The van der Waals surface area contributed by atoms with E-state index in [0.717, 1.165) is 4.90 Å². The Hall–Kier alpha value is -1.37. The van der Waals surface area contributed by atoms with Gasteiger partial charge in [0.2, 0.25) is 11.8 Å². The first-order chi connectivity index (χ1) is 7.25. The Bertz CT molecular complexity index is 348. The first kappa shape index (κ1) is 12.7. The van der Waals surface area contributed by atoms with Gasteiger partial charge < -0.3 is 0 Å². The van der Waals surface area contributed by atoms with Crippen LogP contribution in [0, 0.1) is 16.7 Å². The second kappa shape index (κ2) is 3.89. The van der Waals surface area contributed by atoms with Crippen molar-refractivity contribution in [1.29, 1.82) is 5.26 Å². The molecule has 2 amide bonds. The van der Waals surface area contributed by atoms with Gasteiger partial charge >= 0.3 is 0 Å². The molecule has 1 aliphatic rings. The van der Waals surface area contributed by atoms with Gasteiger partial charge in [-0.1, -0.05) is 20.8 Å². The van der Waals surface area contributed by atoms with Crippen molar-refractivity contribution in [3.05, 3.63) is 0 Å². The van der Waals surface area contributed by atoms with Gasteiger partial charge in [0.1, 0.15) is 5.54 Å². The summed E-state index contributed by atoms with van der Waals surface area (Å²) in [6.07, 6.45) is 1.12. The molecule has 0 aromatic carbocycles. The molecule has 0 spiro atoms. The monoisotopic (exact) mass is 222 g/mol. The van der Waals surface area contributed by atoms with Crippen LogP contribution in [0.4, 0.5) is 0 Å². The van der Waals surface area contributed by atoms with Crippen molar-refractivity contribution < 1.29 is 9.59 Å². The summed E-state index contributed by atoms with van der Waals surface area (Å²) in [7, 11) is 0. The highest BCUT2D eigenvalue weighted by atomic mass is 16.2. The summed E-state index contributed by atoms with van der Waals surface area (Å²) in [5.41, 5.74) is -1.28. The number of rotatable bonds is 2. The molecule has 4 nitrogen and oxygen atoms in total. The van der Waals surface area contributed by atoms with E-state index < -0.39 is 5.54 Å². The Morgan fingerprint density at radius 1 is 1.38 bits per heavy atom. The molecule has 0 aliphatic carbocycles. The van der Waals surface area contributed by atoms with Crippen LogP contribution in [0.25, 0.3) is 0 Å². The number of carbonyl (C=O) groups excluding carboxylic acids is 2. The Balaban J connectivity index is 3.05. The zero-order valence-electron chi connectivity index (χ0n) is 10.3. The third kappa shape index (κ3) is 2.08. The van der Waals surface area contributed by atoms with Crippen molar-refractivity contribution in [3.63, 3.8) is 0 Å². The van der Waals surface area contributed by atoms with Gasteiger partial charge in [-0.25, -0.2) is 0 Å². The Morgan fingerprint density at radius 2 is 1.81 bits per heavy atom. The normalized spacial score (nSPS) is 23.8. The minimum atomic E-state index is -0.995. The maximum atomic E-state index is 11.9. The van der Waals surface area contributed by atoms with Crippen LogP contribution < -0.4 is 0 Å². The average Bonchev–Trinajstić information content (AvgIpc) is 2.14. The lowest BCUT2D eigenvalue weighted by atomic mass is 9.80. The number of hydrogen-bond donors (Lipinski definition) is 0. The number of hydrogen-bond acceptors (Lipinski definition) is 3. The molecule has 1 aliphatic heterocycles. The molecule has 88 valence electrons. The molecule has 16 heavy (non-hydrogen) atoms. The summed E-state index contributed by atoms with van der Waals surface area (Å²) in [4.78, 5) is 25.0. The Labute approximate surface area is 96.2 Å². The summed E-state index contributed by atoms with van der Waals surface area (Å²) < 4.78 is 0. The van der Waals surface area contributed by atoms with Crippen LogP contribution in [0.2, 0.25) is 0 Å². The lowest BCUT2D eigenvalue weighted by Crippen LogP contribution is -2.56. The lowest BCUT2D eigenvalue weighted by Gasteiger charge is -2.41. The van der Waals surface area contributed by atoms with E-state index in [1.807, 2.05) is 20.8 Å². The fourth-order valence-corrected chi connectivity index (χ4v) is 2.02. The van der Waals surface area contributed by atoms with Gasteiger partial charge in [0.15, 0.2) is 0 Å². The topological polar surface area (TPSA) is 61.2 Å². The van der Waals surface area contributed by atoms with E-state index in [9.17, 15) is 9.59 Å². The molecule has 0 N–H and O–H groups in total. The van der Waals surface area contributed by atoms with Crippen molar-refractivity contribution in [2.75, 3.05) is 0 Å². The van der Waals surface area contributed by atoms with E-state index in [0.29, 0.717) is 19.3 Å². The molecule has 4 heteroatoms. The summed E-state index contributed by atoms with van der Waals surface area (Å²) in [5.74, 6) is -0.459. The van der Waals surface area contributed by atoms with Crippen LogP contribution >= 0.6 is 0 Å². The van der Waals surface area contributed by atoms with Crippen LogP contribution in [0.3, 0.4) is 0 Å². The number of imide groups is 1. The van der Waals surface area contributed by atoms with E-state index in [-0.39, 0.29) is 17.2 Å². The third-order valence-electron chi connectivity index (χ3n) is 3.18. The van der Waals surface area contributed by atoms with E-state index in [1.54, 1.807) is 6.92 Å². The number of amides is 2. The van der Waals surface area contributed by atoms with Gasteiger partial charge in [-0.2, -0.15) is 5.26 Å². The molecule has 1 heterocycles. The van der Waals surface area contributed by atoms with E-state index in [1.165, 1.54) is 0 Å². The highest BCUT2D eigenvalue weighted by Crippen LogP contribution is 2.35. The van der Waals surface area contributed by atoms with E-state index in [2.05, 4.69) is 6.07 Å². The van der Waals surface area contributed by atoms with Crippen molar-refractivity contribution >= 4 is 11.8 Å². The third-order valence-corrected chi connectivity index (χ3v) is 3.18. The first-order valence-electron chi connectivity index (χ1n) is 5.53. The van der Waals surface area contributed by atoms with Crippen molar-refractivity contribution in [2.24, 2.45) is 5.41 Å². The molecular formula is C12H18N2O2. The molecule has 0 bridgehead atoms. The van der Waals surface area contributed by atoms with E-state index in [4.69, 9.17) is 5.26 Å².